The van der Waals surface area contributed by atoms with Crippen LogP contribution in [-0.2, 0) is 11.2 Å². The molecule has 3 aliphatic rings. The predicted molar refractivity (Wildman–Crippen MR) is 119 cm³/mol. The average Bonchev–Trinajstić information content (AvgIpc) is 3.39. The highest BCUT2D eigenvalue weighted by atomic mass is 19.1. The summed E-state index contributed by atoms with van der Waals surface area (Å²) in [6.07, 6.45) is 13.2. The number of benzene rings is 1. The van der Waals surface area contributed by atoms with Crippen LogP contribution in [-0.4, -0.2) is 10.8 Å². The average molecular weight is 400 g/mol. The van der Waals surface area contributed by atoms with Crippen molar-refractivity contribution in [3.8, 4) is 11.3 Å². The number of ketones is 1. The Labute approximate surface area is 176 Å². The van der Waals surface area contributed by atoms with Crippen molar-refractivity contribution in [2.24, 2.45) is 11.3 Å². The van der Waals surface area contributed by atoms with E-state index in [0.717, 1.165) is 24.1 Å². The lowest BCUT2D eigenvalue weighted by molar-refractivity contribution is -0.123. The standard InChI is InChI=1S/C27H26FNO/c1-18-10-12-23-21(16-24(29-23)20-6-3-2-4-7-20)15-19(14-18)11-13-26(30)27-17-22(27)8-5-9-25(27)28/h2-9,14-16,22,29H,10-13,17H2,1H3. The Bertz CT molecular complexity index is 1110. The second kappa shape index (κ2) is 7.39. The van der Waals surface area contributed by atoms with Gasteiger partial charge in [0.15, 0.2) is 0 Å². The first kappa shape index (κ1) is 19.0. The predicted octanol–water partition coefficient (Wildman–Crippen LogP) is 6.74. The Balaban J connectivity index is 1.38. The molecule has 0 saturated heterocycles. The minimum absolute atomic E-state index is 0.0406. The van der Waals surface area contributed by atoms with Crippen LogP contribution in [0.3, 0.4) is 0 Å². The normalized spacial score (nSPS) is 24.6. The Kier molecular flexibility index (Phi) is 4.69. The van der Waals surface area contributed by atoms with Gasteiger partial charge in [-0.25, -0.2) is 4.39 Å². The Morgan fingerprint density at radius 3 is 2.83 bits per heavy atom. The molecule has 2 aromatic rings. The van der Waals surface area contributed by atoms with Crippen molar-refractivity contribution >= 4 is 11.9 Å². The SMILES string of the molecule is CC1=CC(CCC(=O)C23CC2C=CC=C3F)=Cc2cc(-c3ccccc3)[nH]c2CC1. The monoisotopic (exact) mass is 399 g/mol. The zero-order valence-electron chi connectivity index (χ0n) is 17.2. The van der Waals surface area contributed by atoms with Crippen LogP contribution in [0.15, 0.2) is 77.7 Å². The number of aromatic nitrogens is 1. The van der Waals surface area contributed by atoms with Crippen LogP contribution in [0.5, 0.6) is 0 Å². The van der Waals surface area contributed by atoms with Crippen molar-refractivity contribution in [1.82, 2.24) is 4.98 Å². The summed E-state index contributed by atoms with van der Waals surface area (Å²) in [6, 6.07) is 12.5. The molecular formula is C27H26FNO. The summed E-state index contributed by atoms with van der Waals surface area (Å²) >= 11 is 0. The molecule has 2 nitrogen and oxygen atoms in total. The highest BCUT2D eigenvalue weighted by Gasteiger charge is 2.61. The van der Waals surface area contributed by atoms with Crippen molar-refractivity contribution in [1.29, 1.82) is 0 Å². The lowest BCUT2D eigenvalue weighted by atomic mass is 9.88. The fraction of sp³-hybridized carbons (Fsp3) is 0.296. The quantitative estimate of drug-likeness (QED) is 0.593. The van der Waals surface area contributed by atoms with Gasteiger partial charge in [-0.2, -0.15) is 0 Å². The number of aromatic amines is 1. The molecule has 1 aromatic heterocycles. The molecular weight excluding hydrogens is 373 g/mol. The number of allylic oxidation sites excluding steroid dienone is 7. The fourth-order valence-electron chi connectivity index (χ4n) is 4.87. The Hall–Kier alpha value is -2.94. The molecule has 30 heavy (non-hydrogen) atoms. The van der Waals surface area contributed by atoms with E-state index in [-0.39, 0.29) is 17.5 Å². The molecule has 3 heteroatoms. The van der Waals surface area contributed by atoms with Crippen LogP contribution in [0.4, 0.5) is 4.39 Å². The van der Waals surface area contributed by atoms with E-state index < -0.39 is 5.41 Å². The van der Waals surface area contributed by atoms with Gasteiger partial charge >= 0.3 is 0 Å². The Morgan fingerprint density at radius 2 is 2.03 bits per heavy atom. The van der Waals surface area contributed by atoms with E-state index in [1.807, 2.05) is 24.3 Å². The minimum Gasteiger partial charge on any atom is -0.358 e. The number of hydrogen-bond acceptors (Lipinski definition) is 1. The molecule has 2 atom stereocenters. The number of halogens is 1. The first-order chi connectivity index (χ1) is 14.6. The van der Waals surface area contributed by atoms with Gasteiger partial charge in [-0.15, -0.1) is 0 Å². The molecule has 3 aliphatic carbocycles. The van der Waals surface area contributed by atoms with Crippen molar-refractivity contribution in [2.45, 2.75) is 39.0 Å². The molecule has 0 spiro atoms. The second-order valence-electron chi connectivity index (χ2n) is 8.80. The summed E-state index contributed by atoms with van der Waals surface area (Å²) in [5, 5.41) is 0. The minimum atomic E-state index is -0.852. The summed E-state index contributed by atoms with van der Waals surface area (Å²) < 4.78 is 14.4. The van der Waals surface area contributed by atoms with Gasteiger partial charge in [0.2, 0.25) is 0 Å². The van der Waals surface area contributed by atoms with E-state index in [2.05, 4.69) is 42.3 Å². The van der Waals surface area contributed by atoms with Gasteiger partial charge in [-0.05, 0) is 73.4 Å². The van der Waals surface area contributed by atoms with Crippen LogP contribution < -0.4 is 0 Å². The van der Waals surface area contributed by atoms with E-state index in [0.29, 0.717) is 19.3 Å². The Morgan fingerprint density at radius 1 is 1.20 bits per heavy atom. The van der Waals surface area contributed by atoms with Crippen molar-refractivity contribution in [3.63, 3.8) is 0 Å². The number of carbonyl (C=O) groups excluding carboxylic acids is 1. The third-order valence-corrected chi connectivity index (χ3v) is 6.73. The van der Waals surface area contributed by atoms with Gasteiger partial charge in [0.1, 0.15) is 11.6 Å². The summed E-state index contributed by atoms with van der Waals surface area (Å²) in [5.74, 6) is -0.152. The van der Waals surface area contributed by atoms with E-state index in [1.54, 1.807) is 6.08 Å². The molecule has 1 N–H and O–H groups in total. The summed E-state index contributed by atoms with van der Waals surface area (Å²) in [4.78, 5) is 16.5. The van der Waals surface area contributed by atoms with Crippen molar-refractivity contribution < 1.29 is 9.18 Å². The van der Waals surface area contributed by atoms with Gasteiger partial charge in [0.05, 0.1) is 5.41 Å². The summed E-state index contributed by atoms with van der Waals surface area (Å²) in [7, 11) is 0. The molecule has 1 heterocycles. The molecule has 1 saturated carbocycles. The molecule has 0 bridgehead atoms. The number of Topliss-reactive ketones (excluding diaryl/α,β-unsaturated/α-hetero) is 1. The van der Waals surface area contributed by atoms with Crippen LogP contribution in [0.1, 0.15) is 43.9 Å². The number of carbonyl (C=O) groups is 1. The molecule has 5 rings (SSSR count). The van der Waals surface area contributed by atoms with Gasteiger partial charge in [-0.1, -0.05) is 54.1 Å². The maximum atomic E-state index is 14.4. The topological polar surface area (TPSA) is 32.9 Å². The maximum Gasteiger partial charge on any atom is 0.146 e. The van der Waals surface area contributed by atoms with E-state index in [4.69, 9.17) is 0 Å². The first-order valence-corrected chi connectivity index (χ1v) is 10.8. The number of nitrogens with one attached hydrogen (secondary N) is 1. The molecule has 1 fully saturated rings. The number of rotatable bonds is 5. The third kappa shape index (κ3) is 3.32. The maximum absolute atomic E-state index is 14.4. The molecule has 0 radical (unpaired) electrons. The smallest absolute Gasteiger partial charge is 0.146 e. The molecule has 0 aliphatic heterocycles. The third-order valence-electron chi connectivity index (χ3n) is 6.73. The van der Waals surface area contributed by atoms with Crippen molar-refractivity contribution in [2.75, 3.05) is 0 Å². The second-order valence-corrected chi connectivity index (χ2v) is 8.80. The lowest BCUT2D eigenvalue weighted by Gasteiger charge is -2.16. The van der Waals surface area contributed by atoms with E-state index in [1.165, 1.54) is 28.5 Å². The fourth-order valence-corrected chi connectivity index (χ4v) is 4.87. The van der Waals surface area contributed by atoms with Gasteiger partial charge in [-0.3, -0.25) is 4.79 Å². The van der Waals surface area contributed by atoms with Crippen LogP contribution in [0, 0.1) is 11.3 Å². The van der Waals surface area contributed by atoms with Crippen molar-refractivity contribution in [3.05, 3.63) is 88.9 Å². The lowest BCUT2D eigenvalue weighted by Crippen LogP contribution is -2.20. The molecule has 152 valence electrons. The number of fused-ring (bicyclic) bond motifs is 2. The first-order valence-electron chi connectivity index (χ1n) is 10.8. The van der Waals surface area contributed by atoms with Crippen LogP contribution >= 0.6 is 0 Å². The zero-order chi connectivity index (χ0) is 20.7. The molecule has 0 amide bonds. The number of H-pyrrole nitrogens is 1. The summed E-state index contributed by atoms with van der Waals surface area (Å²) in [5.41, 5.74) is 6.31. The highest BCUT2D eigenvalue weighted by molar-refractivity contribution is 5.92. The van der Waals surface area contributed by atoms with E-state index >= 15 is 0 Å². The number of hydrogen-bond donors (Lipinski definition) is 1. The molecule has 1 aromatic carbocycles. The van der Waals surface area contributed by atoms with Gasteiger partial charge in [0, 0.05) is 17.8 Å². The highest BCUT2D eigenvalue weighted by Crippen LogP contribution is 2.61. The summed E-state index contributed by atoms with van der Waals surface area (Å²) in [6.45, 7) is 2.14. The van der Waals surface area contributed by atoms with Crippen LogP contribution in [0.2, 0.25) is 0 Å². The molecule has 2 unspecified atom stereocenters. The van der Waals surface area contributed by atoms with Gasteiger partial charge < -0.3 is 4.98 Å². The number of aryl methyl sites for hydroxylation is 1. The van der Waals surface area contributed by atoms with E-state index in [9.17, 15) is 9.18 Å². The zero-order valence-corrected chi connectivity index (χ0v) is 17.2. The van der Waals surface area contributed by atoms with Crippen LogP contribution in [0.25, 0.3) is 17.3 Å². The van der Waals surface area contributed by atoms with Gasteiger partial charge in [0.25, 0.3) is 0 Å². The largest absolute Gasteiger partial charge is 0.358 e.